The van der Waals surface area contributed by atoms with Crippen LogP contribution in [-0.2, 0) is 19.2 Å². The Kier molecular flexibility index (Phi) is 5.10. The van der Waals surface area contributed by atoms with Crippen LogP contribution in [0.2, 0.25) is 0 Å². The Bertz CT molecular complexity index is 660. The Morgan fingerprint density at radius 1 is 1.24 bits per heavy atom. The minimum absolute atomic E-state index is 0. The summed E-state index contributed by atoms with van der Waals surface area (Å²) < 4.78 is 0. The third-order valence-electron chi connectivity index (χ3n) is 2.87. The maximum absolute atomic E-state index is 11.9. The van der Waals surface area contributed by atoms with Crippen molar-refractivity contribution in [2.24, 2.45) is 5.92 Å². The first-order valence-corrected chi connectivity index (χ1v) is 5.51. The third kappa shape index (κ3) is 2.92. The number of Topliss-reactive ketones (excluding diaryl/α,β-unsaturated/α-hetero) is 2. The molecule has 1 atom stereocenters. The van der Waals surface area contributed by atoms with E-state index in [-0.39, 0.29) is 42.4 Å². The molecule has 1 aromatic rings. The molecule has 9 heteroatoms. The maximum atomic E-state index is 11.9. The number of nitro benzene ring substituents is 1. The fraction of sp³-hybridized carbons (Fsp3) is 0.167. The second-order valence-electron chi connectivity index (χ2n) is 4.16. The normalized spacial score (nSPS) is 17.7. The molecule has 0 spiro atoms. The molecule has 1 aliphatic heterocycles. The molecule has 0 bridgehead atoms. The molecule has 0 aromatic heterocycles. The van der Waals surface area contributed by atoms with Crippen LogP contribution in [0.15, 0.2) is 24.3 Å². The minimum atomic E-state index is -1.61. The molecule has 1 unspecified atom stereocenters. The first-order valence-electron chi connectivity index (χ1n) is 5.51. The van der Waals surface area contributed by atoms with Gasteiger partial charge in [-0.1, -0.05) is 0 Å². The number of non-ortho nitro benzene ring substituents is 1. The number of hydrogen-bond donors (Lipinski definition) is 0. The molecule has 1 aromatic carbocycles. The Balaban J connectivity index is 0.00000220. The summed E-state index contributed by atoms with van der Waals surface area (Å²) in [7, 11) is 0. The topological polar surface area (TPSA) is 115 Å². The van der Waals surface area contributed by atoms with Crippen molar-refractivity contribution in [2.45, 2.75) is 6.92 Å². The molecule has 8 nitrogen and oxygen atoms in total. The molecular formula is C12H9N2NaO6. The van der Waals surface area contributed by atoms with E-state index in [0.717, 1.165) is 19.1 Å². The average Bonchev–Trinajstić information content (AvgIpc) is 2.60. The van der Waals surface area contributed by atoms with Gasteiger partial charge in [0.25, 0.3) is 11.6 Å². The van der Waals surface area contributed by atoms with Gasteiger partial charge in [0.2, 0.25) is 5.78 Å². The van der Waals surface area contributed by atoms with Crippen molar-refractivity contribution in [3.8, 4) is 0 Å². The van der Waals surface area contributed by atoms with Crippen LogP contribution in [-0.4, -0.2) is 28.3 Å². The van der Waals surface area contributed by atoms with Gasteiger partial charge in [-0.25, -0.2) is 4.90 Å². The number of nitro groups is 1. The largest absolute Gasteiger partial charge is 1.00 e. The number of ketones is 2. The number of hydrogen-bond acceptors (Lipinski definition) is 6. The molecule has 104 valence electrons. The Labute approximate surface area is 142 Å². The standard InChI is InChI=1S/C12H8N2O6.Na.H/c1-6(15)9-10(16)12(18)13(11(9)17)7-2-4-8(5-3-7)14(19)20;;/h2-5,9H,1H3;;/q;+1;-1. The molecule has 1 heterocycles. The van der Waals surface area contributed by atoms with E-state index < -0.39 is 34.2 Å². The van der Waals surface area contributed by atoms with E-state index in [1.54, 1.807) is 0 Å². The Morgan fingerprint density at radius 2 is 1.76 bits per heavy atom. The van der Waals surface area contributed by atoms with E-state index in [2.05, 4.69) is 0 Å². The minimum Gasteiger partial charge on any atom is -1.00 e. The molecule has 1 aliphatic rings. The van der Waals surface area contributed by atoms with Gasteiger partial charge in [0.15, 0.2) is 5.92 Å². The quantitative estimate of drug-likeness (QED) is 0.150. The summed E-state index contributed by atoms with van der Waals surface area (Å²) in [6.07, 6.45) is 0. The van der Waals surface area contributed by atoms with Crippen LogP contribution in [0.25, 0.3) is 0 Å². The van der Waals surface area contributed by atoms with Gasteiger partial charge < -0.3 is 1.43 Å². The van der Waals surface area contributed by atoms with Crippen LogP contribution in [0.3, 0.4) is 0 Å². The van der Waals surface area contributed by atoms with Crippen molar-refractivity contribution in [1.29, 1.82) is 0 Å². The molecule has 2 amide bonds. The molecule has 1 fully saturated rings. The summed E-state index contributed by atoms with van der Waals surface area (Å²) in [5.41, 5.74) is -0.204. The van der Waals surface area contributed by atoms with Crippen molar-refractivity contribution in [2.75, 3.05) is 4.90 Å². The first-order chi connectivity index (χ1) is 9.34. The van der Waals surface area contributed by atoms with Crippen molar-refractivity contribution < 1.29 is 55.1 Å². The fourth-order valence-electron chi connectivity index (χ4n) is 1.90. The molecule has 0 saturated carbocycles. The predicted molar refractivity (Wildman–Crippen MR) is 65.9 cm³/mol. The molecular weight excluding hydrogens is 291 g/mol. The predicted octanol–water partition coefficient (Wildman–Crippen LogP) is -2.64. The number of benzene rings is 1. The van der Waals surface area contributed by atoms with E-state index in [4.69, 9.17) is 0 Å². The molecule has 2 rings (SSSR count). The molecule has 21 heavy (non-hydrogen) atoms. The third-order valence-corrected chi connectivity index (χ3v) is 2.87. The first kappa shape index (κ1) is 17.2. The van der Waals surface area contributed by atoms with Crippen LogP contribution in [0, 0.1) is 16.0 Å². The van der Waals surface area contributed by atoms with Crippen LogP contribution < -0.4 is 34.5 Å². The van der Waals surface area contributed by atoms with E-state index in [9.17, 15) is 29.3 Å². The SMILES string of the molecule is CC(=O)C1C(=O)C(=O)N(c2ccc([N+](=O)[O-])cc2)C1=O.[H-].[Na+]. The Morgan fingerprint density at radius 3 is 2.14 bits per heavy atom. The zero-order valence-corrected chi connectivity index (χ0v) is 13.2. The van der Waals surface area contributed by atoms with Gasteiger partial charge >= 0.3 is 35.5 Å². The van der Waals surface area contributed by atoms with Gasteiger partial charge in [0, 0.05) is 12.1 Å². The summed E-state index contributed by atoms with van der Waals surface area (Å²) in [6.45, 7) is 1.05. The van der Waals surface area contributed by atoms with E-state index in [1.165, 1.54) is 12.1 Å². The van der Waals surface area contributed by atoms with E-state index in [1.807, 2.05) is 0 Å². The fourth-order valence-corrected chi connectivity index (χ4v) is 1.90. The second kappa shape index (κ2) is 6.25. The number of amides is 2. The monoisotopic (exact) mass is 300 g/mol. The number of anilines is 1. The number of carbonyl (C=O) groups is 4. The summed E-state index contributed by atoms with van der Waals surface area (Å²) in [6, 6.07) is 4.54. The Hall–Kier alpha value is -1.90. The number of nitrogens with zero attached hydrogens (tertiary/aromatic N) is 2. The van der Waals surface area contributed by atoms with Crippen LogP contribution >= 0.6 is 0 Å². The molecule has 0 radical (unpaired) electrons. The van der Waals surface area contributed by atoms with Crippen LogP contribution in [0.1, 0.15) is 8.35 Å². The molecule has 0 N–H and O–H groups in total. The van der Waals surface area contributed by atoms with Gasteiger partial charge in [-0.2, -0.15) is 0 Å². The van der Waals surface area contributed by atoms with Gasteiger partial charge in [0.05, 0.1) is 10.6 Å². The number of carbonyl (C=O) groups excluding carboxylic acids is 4. The summed E-state index contributed by atoms with van der Waals surface area (Å²) >= 11 is 0. The average molecular weight is 300 g/mol. The maximum Gasteiger partial charge on any atom is 1.00 e. The van der Waals surface area contributed by atoms with Crippen molar-refractivity contribution in [3.63, 3.8) is 0 Å². The summed E-state index contributed by atoms with van der Waals surface area (Å²) in [5.74, 6) is -5.44. The van der Waals surface area contributed by atoms with Crippen molar-refractivity contribution >= 4 is 34.8 Å². The molecule has 1 saturated heterocycles. The number of rotatable bonds is 3. The van der Waals surface area contributed by atoms with E-state index >= 15 is 0 Å². The van der Waals surface area contributed by atoms with Gasteiger partial charge in [-0.05, 0) is 19.1 Å². The summed E-state index contributed by atoms with van der Waals surface area (Å²) in [5, 5.41) is 10.5. The second-order valence-corrected chi connectivity index (χ2v) is 4.16. The van der Waals surface area contributed by atoms with Crippen molar-refractivity contribution in [1.82, 2.24) is 0 Å². The van der Waals surface area contributed by atoms with Gasteiger partial charge in [-0.3, -0.25) is 29.3 Å². The van der Waals surface area contributed by atoms with Crippen LogP contribution in [0.4, 0.5) is 11.4 Å². The van der Waals surface area contributed by atoms with Gasteiger partial charge in [-0.15, -0.1) is 0 Å². The summed E-state index contributed by atoms with van der Waals surface area (Å²) in [4.78, 5) is 56.9. The van der Waals surface area contributed by atoms with Crippen molar-refractivity contribution in [3.05, 3.63) is 34.4 Å². The zero-order valence-electron chi connectivity index (χ0n) is 12.2. The van der Waals surface area contributed by atoms with Crippen LogP contribution in [0.5, 0.6) is 0 Å². The number of imide groups is 1. The zero-order chi connectivity index (χ0) is 15.0. The van der Waals surface area contributed by atoms with Gasteiger partial charge in [0.1, 0.15) is 5.78 Å². The molecule has 0 aliphatic carbocycles. The smallest absolute Gasteiger partial charge is 1.00 e. The van der Waals surface area contributed by atoms with E-state index in [0.29, 0.717) is 4.90 Å².